The molecule has 1 atom stereocenters. The maximum atomic E-state index is 12.4. The largest absolute Gasteiger partial charge is 0.490 e. The summed E-state index contributed by atoms with van der Waals surface area (Å²) in [5.41, 5.74) is 2.23. The molecule has 0 radical (unpaired) electrons. The molecule has 10 heteroatoms. The van der Waals surface area contributed by atoms with Crippen molar-refractivity contribution >= 4 is 35.1 Å². The first kappa shape index (κ1) is 21.6. The zero-order valence-electron chi connectivity index (χ0n) is 17.6. The van der Waals surface area contributed by atoms with Crippen LogP contribution >= 0.6 is 11.6 Å². The monoisotopic (exact) mass is 455 g/mol. The Morgan fingerprint density at radius 1 is 1.28 bits per heavy atom. The lowest BCUT2D eigenvalue weighted by molar-refractivity contribution is -0.118. The molecular weight excluding hydrogens is 434 g/mol. The number of halogens is 1. The summed E-state index contributed by atoms with van der Waals surface area (Å²) in [6.07, 6.45) is 1.62. The Morgan fingerprint density at radius 3 is 2.94 bits per heavy atom. The van der Waals surface area contributed by atoms with Crippen molar-refractivity contribution in [3.8, 4) is 11.5 Å². The van der Waals surface area contributed by atoms with Crippen LogP contribution in [0.25, 0.3) is 0 Å². The molecule has 1 aliphatic heterocycles. The minimum Gasteiger partial charge on any atom is -0.490 e. The number of rotatable bonds is 7. The first-order valence-corrected chi connectivity index (χ1v) is 10.5. The van der Waals surface area contributed by atoms with Crippen LogP contribution in [0.3, 0.4) is 0 Å². The minimum absolute atomic E-state index is 0.137. The Hall–Kier alpha value is -3.59. The number of hydrogen-bond donors (Lipinski definition) is 2. The molecule has 1 aromatic heterocycles. The number of carbonyl (C=O) groups is 2. The number of benzene rings is 2. The molecule has 0 aliphatic carbocycles. The molecule has 1 aliphatic rings. The molecule has 0 saturated carbocycles. The summed E-state index contributed by atoms with van der Waals surface area (Å²) in [4.78, 5) is 28.5. The number of nitrogens with one attached hydrogen (secondary N) is 2. The number of ether oxygens (including phenoxy) is 2. The van der Waals surface area contributed by atoms with Crippen LogP contribution in [0.4, 0.5) is 11.6 Å². The normalized spacial score (nSPS) is 15.0. The summed E-state index contributed by atoms with van der Waals surface area (Å²) in [7, 11) is 0. The van der Waals surface area contributed by atoms with Crippen LogP contribution in [0, 0.1) is 6.92 Å². The lowest BCUT2D eigenvalue weighted by Gasteiger charge is -2.24. The van der Waals surface area contributed by atoms with Crippen LogP contribution in [0.2, 0.25) is 5.02 Å². The van der Waals surface area contributed by atoms with Crippen LogP contribution < -0.4 is 20.1 Å². The molecule has 166 valence electrons. The second-order valence-electron chi connectivity index (χ2n) is 7.18. The fourth-order valence-electron chi connectivity index (χ4n) is 3.46. The number of amides is 2. The first-order chi connectivity index (χ1) is 15.5. The Kier molecular flexibility index (Phi) is 6.27. The Labute approximate surface area is 189 Å². The maximum Gasteiger partial charge on any atom is 0.262 e. The van der Waals surface area contributed by atoms with Crippen LogP contribution in [0.15, 0.2) is 42.7 Å². The molecule has 4 rings (SSSR count). The summed E-state index contributed by atoms with van der Waals surface area (Å²) >= 11 is 6.10. The van der Waals surface area contributed by atoms with Gasteiger partial charge in [0.1, 0.15) is 6.33 Å². The number of carbonyl (C=O) groups excluding carboxylic acids is 2. The molecule has 2 aromatic carbocycles. The third-order valence-corrected chi connectivity index (χ3v) is 5.46. The van der Waals surface area contributed by atoms with Gasteiger partial charge in [-0.2, -0.15) is 10.1 Å². The van der Waals surface area contributed by atoms with E-state index in [0.717, 1.165) is 11.1 Å². The molecular formula is C22H22ClN5O4. The fraction of sp³-hybridized carbons (Fsp3) is 0.273. The van der Waals surface area contributed by atoms with Gasteiger partial charge in [0.2, 0.25) is 11.9 Å². The average molecular weight is 456 g/mol. The highest BCUT2D eigenvalue weighted by molar-refractivity contribution is 6.31. The number of hydrogen-bond acceptors (Lipinski definition) is 6. The van der Waals surface area contributed by atoms with E-state index in [1.54, 1.807) is 35.0 Å². The first-order valence-electron chi connectivity index (χ1n) is 10.1. The predicted octanol–water partition coefficient (Wildman–Crippen LogP) is 3.59. The summed E-state index contributed by atoms with van der Waals surface area (Å²) in [6.45, 7) is 3.89. The Morgan fingerprint density at radius 2 is 2.12 bits per heavy atom. The highest BCUT2D eigenvalue weighted by atomic mass is 35.5. The van der Waals surface area contributed by atoms with E-state index >= 15 is 0 Å². The van der Waals surface area contributed by atoms with E-state index in [0.29, 0.717) is 34.8 Å². The van der Waals surface area contributed by atoms with Crippen LogP contribution in [0.1, 0.15) is 30.5 Å². The van der Waals surface area contributed by atoms with Gasteiger partial charge in [0.05, 0.1) is 19.1 Å². The van der Waals surface area contributed by atoms with Gasteiger partial charge in [0, 0.05) is 10.7 Å². The molecule has 3 aromatic rings. The van der Waals surface area contributed by atoms with Gasteiger partial charge in [-0.15, -0.1) is 0 Å². The maximum absolute atomic E-state index is 12.4. The summed E-state index contributed by atoms with van der Waals surface area (Å²) in [6, 6.07) is 10.3. The zero-order valence-corrected chi connectivity index (χ0v) is 18.3. The standard InChI is InChI=1S/C22H22ClN5O4/c1-3-31-19-9-14(17-10-20(29)27-22-24-12-25-28(17)22)7-8-18(19)32-11-21(30)26-16-6-4-5-15(23)13(16)2/h4-9,12,17H,3,10-11H2,1-2H3,(H,26,30)(H,24,25,27,29). The number of aromatic nitrogens is 3. The molecule has 2 heterocycles. The summed E-state index contributed by atoms with van der Waals surface area (Å²) < 4.78 is 13.1. The molecule has 9 nitrogen and oxygen atoms in total. The van der Waals surface area contributed by atoms with Gasteiger partial charge in [-0.25, -0.2) is 4.68 Å². The van der Waals surface area contributed by atoms with Crippen molar-refractivity contribution in [2.24, 2.45) is 0 Å². The van der Waals surface area contributed by atoms with E-state index in [-0.39, 0.29) is 30.9 Å². The fourth-order valence-corrected chi connectivity index (χ4v) is 3.63. The van der Waals surface area contributed by atoms with Gasteiger partial charge in [-0.1, -0.05) is 23.7 Å². The zero-order chi connectivity index (χ0) is 22.7. The van der Waals surface area contributed by atoms with Crippen LogP contribution in [-0.2, 0) is 9.59 Å². The topological polar surface area (TPSA) is 107 Å². The van der Waals surface area contributed by atoms with Crippen molar-refractivity contribution in [3.63, 3.8) is 0 Å². The van der Waals surface area contributed by atoms with E-state index in [4.69, 9.17) is 21.1 Å². The molecule has 1 unspecified atom stereocenters. The second-order valence-corrected chi connectivity index (χ2v) is 7.59. The Balaban J connectivity index is 1.50. The van der Waals surface area contributed by atoms with E-state index in [2.05, 4.69) is 20.7 Å². The van der Waals surface area contributed by atoms with Gasteiger partial charge in [-0.05, 0) is 49.2 Å². The average Bonchev–Trinajstić information content (AvgIpc) is 3.24. The van der Waals surface area contributed by atoms with Gasteiger partial charge < -0.3 is 14.8 Å². The van der Waals surface area contributed by atoms with Crippen LogP contribution in [0.5, 0.6) is 11.5 Å². The van der Waals surface area contributed by atoms with Crippen molar-refractivity contribution in [3.05, 3.63) is 58.9 Å². The molecule has 2 N–H and O–H groups in total. The van der Waals surface area contributed by atoms with E-state index < -0.39 is 0 Å². The quantitative estimate of drug-likeness (QED) is 0.563. The Bertz CT molecular complexity index is 1160. The van der Waals surface area contributed by atoms with Gasteiger partial charge in [0.15, 0.2) is 18.1 Å². The predicted molar refractivity (Wildman–Crippen MR) is 119 cm³/mol. The number of nitrogens with zero attached hydrogens (tertiary/aromatic N) is 3. The van der Waals surface area contributed by atoms with Crippen molar-refractivity contribution in [1.29, 1.82) is 0 Å². The van der Waals surface area contributed by atoms with Crippen molar-refractivity contribution < 1.29 is 19.1 Å². The van der Waals surface area contributed by atoms with Gasteiger partial charge in [0.25, 0.3) is 5.91 Å². The lowest BCUT2D eigenvalue weighted by atomic mass is 10.0. The third-order valence-electron chi connectivity index (χ3n) is 5.05. The summed E-state index contributed by atoms with van der Waals surface area (Å²) in [5, 5.41) is 10.3. The van der Waals surface area contributed by atoms with Gasteiger partial charge in [-0.3, -0.25) is 14.9 Å². The molecule has 0 bridgehead atoms. The van der Waals surface area contributed by atoms with Crippen molar-refractivity contribution in [2.75, 3.05) is 23.8 Å². The molecule has 0 fully saturated rings. The lowest BCUT2D eigenvalue weighted by Crippen LogP contribution is -2.29. The van der Waals surface area contributed by atoms with E-state index in [1.807, 2.05) is 19.9 Å². The van der Waals surface area contributed by atoms with Crippen molar-refractivity contribution in [1.82, 2.24) is 14.8 Å². The van der Waals surface area contributed by atoms with Crippen molar-refractivity contribution in [2.45, 2.75) is 26.3 Å². The molecule has 2 amide bonds. The smallest absolute Gasteiger partial charge is 0.262 e. The highest BCUT2D eigenvalue weighted by Gasteiger charge is 2.28. The van der Waals surface area contributed by atoms with Crippen LogP contribution in [-0.4, -0.2) is 39.8 Å². The third kappa shape index (κ3) is 4.52. The summed E-state index contributed by atoms with van der Waals surface area (Å²) in [5.74, 6) is 0.842. The highest BCUT2D eigenvalue weighted by Crippen LogP contribution is 2.35. The molecule has 0 saturated heterocycles. The SMILES string of the molecule is CCOc1cc(C2CC(=O)Nc3ncnn32)ccc1OCC(=O)Nc1cccc(Cl)c1C. The van der Waals surface area contributed by atoms with E-state index in [9.17, 15) is 9.59 Å². The van der Waals surface area contributed by atoms with Gasteiger partial charge >= 0.3 is 0 Å². The molecule has 32 heavy (non-hydrogen) atoms. The minimum atomic E-state index is -0.321. The second kappa shape index (κ2) is 9.27. The number of anilines is 2. The van der Waals surface area contributed by atoms with E-state index in [1.165, 1.54) is 6.33 Å². The molecule has 0 spiro atoms. The number of fused-ring (bicyclic) bond motifs is 1.